The summed E-state index contributed by atoms with van der Waals surface area (Å²) in [7, 11) is -2.09. The standard InChI is InChI=1S/C15H13BrFNO3S/c1-21-11-4-2-10(3-5-11)8-18-9-12-14(22(18,19)20)7-6-13(16)15(12)17/h2-7H,8-9H2,1H3. The van der Waals surface area contributed by atoms with Gasteiger partial charge in [-0.15, -0.1) is 0 Å². The number of hydrogen-bond donors (Lipinski definition) is 0. The lowest BCUT2D eigenvalue weighted by Gasteiger charge is -2.14. The Hall–Kier alpha value is -1.44. The van der Waals surface area contributed by atoms with Gasteiger partial charge in [-0.25, -0.2) is 12.8 Å². The van der Waals surface area contributed by atoms with E-state index < -0.39 is 15.8 Å². The number of hydrogen-bond acceptors (Lipinski definition) is 3. The number of halogens is 2. The maximum absolute atomic E-state index is 14.1. The number of fused-ring (bicyclic) bond motifs is 1. The van der Waals surface area contributed by atoms with E-state index in [0.717, 1.165) is 5.56 Å². The maximum Gasteiger partial charge on any atom is 0.244 e. The summed E-state index contributed by atoms with van der Waals surface area (Å²) in [5, 5.41) is 0. The molecule has 7 heteroatoms. The van der Waals surface area contributed by atoms with Crippen molar-refractivity contribution in [1.82, 2.24) is 4.31 Å². The van der Waals surface area contributed by atoms with Crippen LogP contribution in [-0.4, -0.2) is 19.8 Å². The predicted molar refractivity (Wildman–Crippen MR) is 83.5 cm³/mol. The molecule has 0 spiro atoms. The largest absolute Gasteiger partial charge is 0.497 e. The zero-order valence-corrected chi connectivity index (χ0v) is 14.1. The molecule has 3 rings (SSSR count). The second-order valence-corrected chi connectivity index (χ2v) is 7.72. The van der Waals surface area contributed by atoms with Crippen LogP contribution in [0.5, 0.6) is 5.75 Å². The second-order valence-electron chi connectivity index (χ2n) is 4.96. The van der Waals surface area contributed by atoms with Crippen molar-refractivity contribution in [2.45, 2.75) is 18.0 Å². The molecule has 116 valence electrons. The highest BCUT2D eigenvalue weighted by Crippen LogP contribution is 2.35. The fraction of sp³-hybridized carbons (Fsp3) is 0.200. The van der Waals surface area contributed by atoms with Crippen molar-refractivity contribution in [2.24, 2.45) is 0 Å². The van der Waals surface area contributed by atoms with Gasteiger partial charge >= 0.3 is 0 Å². The average molecular weight is 386 g/mol. The minimum atomic E-state index is -3.66. The monoisotopic (exact) mass is 385 g/mol. The molecule has 0 radical (unpaired) electrons. The van der Waals surface area contributed by atoms with Crippen LogP contribution in [0.3, 0.4) is 0 Å². The first-order chi connectivity index (χ1) is 10.4. The van der Waals surface area contributed by atoms with E-state index in [1.54, 1.807) is 31.4 Å². The zero-order valence-electron chi connectivity index (χ0n) is 11.7. The molecular weight excluding hydrogens is 373 g/mol. The van der Waals surface area contributed by atoms with Gasteiger partial charge in [0.25, 0.3) is 0 Å². The van der Waals surface area contributed by atoms with Crippen molar-refractivity contribution in [3.63, 3.8) is 0 Å². The van der Waals surface area contributed by atoms with E-state index in [0.29, 0.717) is 5.75 Å². The molecule has 1 heterocycles. The minimum absolute atomic E-state index is 0.0367. The number of sulfonamides is 1. The SMILES string of the molecule is COc1ccc(CN2Cc3c(ccc(Br)c3F)S2(=O)=O)cc1. The summed E-state index contributed by atoms with van der Waals surface area (Å²) in [5.74, 6) is 0.185. The summed E-state index contributed by atoms with van der Waals surface area (Å²) < 4.78 is 45.7. The number of ether oxygens (including phenoxy) is 1. The van der Waals surface area contributed by atoms with Gasteiger partial charge in [0.1, 0.15) is 11.6 Å². The molecule has 0 atom stereocenters. The Bertz CT molecular complexity index is 821. The predicted octanol–water partition coefficient (Wildman–Crippen LogP) is 3.30. The van der Waals surface area contributed by atoms with Gasteiger partial charge in [-0.05, 0) is 45.8 Å². The Morgan fingerprint density at radius 3 is 2.55 bits per heavy atom. The number of rotatable bonds is 3. The summed E-state index contributed by atoms with van der Waals surface area (Å²) in [5.41, 5.74) is 1.03. The van der Waals surface area contributed by atoms with E-state index in [2.05, 4.69) is 15.9 Å². The Labute approximate surface area is 136 Å². The maximum atomic E-state index is 14.1. The van der Waals surface area contributed by atoms with Crippen molar-refractivity contribution in [3.8, 4) is 5.75 Å². The van der Waals surface area contributed by atoms with Crippen LogP contribution >= 0.6 is 15.9 Å². The number of nitrogens with zero attached hydrogens (tertiary/aromatic N) is 1. The Morgan fingerprint density at radius 2 is 1.91 bits per heavy atom. The van der Waals surface area contributed by atoms with Crippen molar-refractivity contribution in [3.05, 3.63) is 57.8 Å². The lowest BCUT2D eigenvalue weighted by Crippen LogP contribution is -2.23. The molecule has 2 aromatic carbocycles. The van der Waals surface area contributed by atoms with Gasteiger partial charge in [0.2, 0.25) is 10.0 Å². The van der Waals surface area contributed by atoms with Crippen LogP contribution in [0.15, 0.2) is 45.8 Å². The van der Waals surface area contributed by atoms with E-state index in [1.165, 1.54) is 16.4 Å². The summed E-state index contributed by atoms with van der Waals surface area (Å²) in [4.78, 5) is 0.0433. The minimum Gasteiger partial charge on any atom is -0.497 e. The molecule has 0 unspecified atom stereocenters. The first-order valence-corrected chi connectivity index (χ1v) is 8.77. The van der Waals surface area contributed by atoms with Gasteiger partial charge in [0.15, 0.2) is 0 Å². The van der Waals surface area contributed by atoms with Crippen molar-refractivity contribution in [1.29, 1.82) is 0 Å². The van der Waals surface area contributed by atoms with Gasteiger partial charge in [0, 0.05) is 18.7 Å². The molecule has 2 aromatic rings. The molecule has 0 aromatic heterocycles. The first kappa shape index (κ1) is 15.5. The fourth-order valence-electron chi connectivity index (χ4n) is 2.44. The lowest BCUT2D eigenvalue weighted by atomic mass is 10.2. The topological polar surface area (TPSA) is 46.6 Å². The van der Waals surface area contributed by atoms with Gasteiger partial charge < -0.3 is 4.74 Å². The summed E-state index contributed by atoms with van der Waals surface area (Å²) in [6.45, 7) is 0.229. The molecule has 0 saturated carbocycles. The average Bonchev–Trinajstić information content (AvgIpc) is 2.76. The normalized spacial score (nSPS) is 16.5. The highest BCUT2D eigenvalue weighted by atomic mass is 79.9. The molecular formula is C15H13BrFNO3S. The van der Waals surface area contributed by atoms with E-state index >= 15 is 0 Å². The summed E-state index contributed by atoms with van der Waals surface area (Å²) in [6.07, 6.45) is 0. The van der Waals surface area contributed by atoms with E-state index in [1.807, 2.05) is 0 Å². The molecule has 0 aliphatic carbocycles. The summed E-state index contributed by atoms with van der Waals surface area (Å²) >= 11 is 3.09. The lowest BCUT2D eigenvalue weighted by molar-refractivity contribution is 0.408. The fourth-order valence-corrected chi connectivity index (χ4v) is 4.41. The Morgan fingerprint density at radius 1 is 1.23 bits per heavy atom. The van der Waals surface area contributed by atoms with Crippen LogP contribution in [0, 0.1) is 5.82 Å². The third kappa shape index (κ3) is 2.53. The van der Waals surface area contributed by atoms with Crippen LogP contribution in [0.4, 0.5) is 4.39 Å². The highest BCUT2D eigenvalue weighted by molar-refractivity contribution is 9.10. The second kappa shape index (κ2) is 5.64. The van der Waals surface area contributed by atoms with Gasteiger partial charge in [-0.1, -0.05) is 12.1 Å². The van der Waals surface area contributed by atoms with Crippen molar-refractivity contribution >= 4 is 26.0 Å². The molecule has 1 aliphatic rings. The molecule has 0 amide bonds. The molecule has 0 bridgehead atoms. The molecule has 0 saturated heterocycles. The van der Waals surface area contributed by atoms with Gasteiger partial charge in [-0.3, -0.25) is 0 Å². The molecule has 22 heavy (non-hydrogen) atoms. The van der Waals surface area contributed by atoms with E-state index in [9.17, 15) is 12.8 Å². The quantitative estimate of drug-likeness (QED) is 0.814. The third-order valence-corrected chi connectivity index (χ3v) is 6.11. The molecule has 0 N–H and O–H groups in total. The number of methoxy groups -OCH3 is 1. The van der Waals surface area contributed by atoms with Crippen molar-refractivity contribution in [2.75, 3.05) is 7.11 Å². The first-order valence-electron chi connectivity index (χ1n) is 6.53. The Kier molecular flexibility index (Phi) is 3.96. The van der Waals surface area contributed by atoms with Crippen LogP contribution in [-0.2, 0) is 23.1 Å². The smallest absolute Gasteiger partial charge is 0.244 e. The molecule has 0 fully saturated rings. The number of benzene rings is 2. The highest BCUT2D eigenvalue weighted by Gasteiger charge is 2.37. The molecule has 4 nitrogen and oxygen atoms in total. The van der Waals surface area contributed by atoms with Crippen LogP contribution in [0.1, 0.15) is 11.1 Å². The van der Waals surface area contributed by atoms with Crippen LogP contribution < -0.4 is 4.74 Å². The van der Waals surface area contributed by atoms with E-state index in [4.69, 9.17) is 4.74 Å². The Balaban J connectivity index is 1.92. The van der Waals surface area contributed by atoms with E-state index in [-0.39, 0.29) is 28.0 Å². The van der Waals surface area contributed by atoms with Crippen molar-refractivity contribution < 1.29 is 17.5 Å². The molecule has 1 aliphatic heterocycles. The zero-order chi connectivity index (χ0) is 15.9. The summed E-state index contributed by atoms with van der Waals surface area (Å²) in [6, 6.07) is 9.98. The van der Waals surface area contributed by atoms with Crippen LogP contribution in [0.2, 0.25) is 0 Å². The van der Waals surface area contributed by atoms with Crippen LogP contribution in [0.25, 0.3) is 0 Å². The van der Waals surface area contributed by atoms with Gasteiger partial charge in [-0.2, -0.15) is 4.31 Å². The third-order valence-electron chi connectivity index (χ3n) is 3.62. The van der Waals surface area contributed by atoms with Gasteiger partial charge in [0.05, 0.1) is 16.5 Å².